The van der Waals surface area contributed by atoms with Crippen molar-refractivity contribution < 1.29 is 0 Å². The van der Waals surface area contributed by atoms with Gasteiger partial charge in [0.05, 0.1) is 0 Å². The Morgan fingerprint density at radius 3 is 2.21 bits per heavy atom. The number of hydrogen-bond donors (Lipinski definition) is 0. The average molecular weight is 196 g/mol. The SMILES string of the molecule is CC1CCCN1C1CN(C(C)(C)C)C1. The quantitative estimate of drug-likeness (QED) is 0.632. The first kappa shape index (κ1) is 10.4. The van der Waals surface area contributed by atoms with Crippen LogP contribution in [0.25, 0.3) is 0 Å². The minimum Gasteiger partial charge on any atom is -0.295 e. The summed E-state index contributed by atoms with van der Waals surface area (Å²) in [6.07, 6.45) is 2.82. The Bertz CT molecular complexity index is 201. The van der Waals surface area contributed by atoms with Crippen molar-refractivity contribution in [3.8, 4) is 0 Å². The van der Waals surface area contributed by atoms with Gasteiger partial charge in [0, 0.05) is 30.7 Å². The molecule has 2 fully saturated rings. The fraction of sp³-hybridized carbons (Fsp3) is 1.00. The zero-order valence-electron chi connectivity index (χ0n) is 10.1. The van der Waals surface area contributed by atoms with E-state index in [1.54, 1.807) is 0 Å². The molecule has 0 N–H and O–H groups in total. The third-order valence-corrected chi connectivity index (χ3v) is 3.88. The summed E-state index contributed by atoms with van der Waals surface area (Å²) >= 11 is 0. The van der Waals surface area contributed by atoms with Crippen molar-refractivity contribution in [1.82, 2.24) is 9.80 Å². The van der Waals surface area contributed by atoms with Gasteiger partial charge in [0.2, 0.25) is 0 Å². The van der Waals surface area contributed by atoms with Crippen LogP contribution in [0.1, 0.15) is 40.5 Å². The predicted octanol–water partition coefficient (Wildman–Crippen LogP) is 1.95. The Kier molecular flexibility index (Phi) is 2.61. The monoisotopic (exact) mass is 196 g/mol. The summed E-state index contributed by atoms with van der Waals surface area (Å²) in [6, 6.07) is 1.69. The molecule has 1 unspecified atom stereocenters. The topological polar surface area (TPSA) is 6.48 Å². The molecule has 2 nitrogen and oxygen atoms in total. The van der Waals surface area contributed by atoms with Gasteiger partial charge in [-0.05, 0) is 47.1 Å². The van der Waals surface area contributed by atoms with Crippen LogP contribution in [0.15, 0.2) is 0 Å². The van der Waals surface area contributed by atoms with Gasteiger partial charge in [0.1, 0.15) is 0 Å². The van der Waals surface area contributed by atoms with Crippen molar-refractivity contribution in [2.24, 2.45) is 0 Å². The van der Waals surface area contributed by atoms with Crippen LogP contribution in [0.2, 0.25) is 0 Å². The Balaban J connectivity index is 1.83. The van der Waals surface area contributed by atoms with Gasteiger partial charge < -0.3 is 0 Å². The number of nitrogens with zero attached hydrogens (tertiary/aromatic N) is 2. The van der Waals surface area contributed by atoms with Crippen LogP contribution in [0.5, 0.6) is 0 Å². The molecule has 82 valence electrons. The fourth-order valence-electron chi connectivity index (χ4n) is 2.71. The highest BCUT2D eigenvalue weighted by Gasteiger charge is 2.39. The van der Waals surface area contributed by atoms with Crippen LogP contribution in [0, 0.1) is 0 Å². The molecule has 0 saturated carbocycles. The van der Waals surface area contributed by atoms with Crippen LogP contribution in [-0.2, 0) is 0 Å². The molecule has 0 aromatic rings. The molecule has 1 atom stereocenters. The summed E-state index contributed by atoms with van der Waals surface area (Å²) < 4.78 is 0. The largest absolute Gasteiger partial charge is 0.295 e. The predicted molar refractivity (Wildman–Crippen MR) is 60.5 cm³/mol. The Labute approximate surface area is 88.3 Å². The Hall–Kier alpha value is -0.0800. The van der Waals surface area contributed by atoms with Crippen molar-refractivity contribution in [2.75, 3.05) is 19.6 Å². The minimum atomic E-state index is 0.374. The molecule has 2 heteroatoms. The van der Waals surface area contributed by atoms with Crippen LogP contribution in [0.3, 0.4) is 0 Å². The van der Waals surface area contributed by atoms with Gasteiger partial charge >= 0.3 is 0 Å². The lowest BCUT2D eigenvalue weighted by Crippen LogP contribution is -2.64. The van der Waals surface area contributed by atoms with Gasteiger partial charge in [0.25, 0.3) is 0 Å². The second-order valence-corrected chi connectivity index (χ2v) is 5.96. The first-order valence-corrected chi connectivity index (χ1v) is 5.99. The van der Waals surface area contributed by atoms with Gasteiger partial charge in [-0.2, -0.15) is 0 Å². The first-order chi connectivity index (χ1) is 6.48. The van der Waals surface area contributed by atoms with E-state index in [-0.39, 0.29) is 0 Å². The zero-order valence-corrected chi connectivity index (χ0v) is 10.1. The molecule has 2 saturated heterocycles. The lowest BCUT2D eigenvalue weighted by molar-refractivity contribution is -0.0246. The number of likely N-dealkylation sites (tertiary alicyclic amines) is 2. The molecule has 2 aliphatic heterocycles. The molecule has 0 spiro atoms. The third kappa shape index (κ3) is 1.82. The summed E-state index contributed by atoms with van der Waals surface area (Å²) in [6.45, 7) is 13.2. The molecular weight excluding hydrogens is 172 g/mol. The van der Waals surface area contributed by atoms with E-state index in [4.69, 9.17) is 0 Å². The molecule has 0 aromatic carbocycles. The summed E-state index contributed by atoms with van der Waals surface area (Å²) in [7, 11) is 0. The second-order valence-electron chi connectivity index (χ2n) is 5.96. The van der Waals surface area contributed by atoms with E-state index in [1.807, 2.05) is 0 Å². The molecule has 2 heterocycles. The molecular formula is C12H24N2. The molecule has 2 rings (SSSR count). The summed E-state index contributed by atoms with van der Waals surface area (Å²) in [5, 5.41) is 0. The van der Waals surface area contributed by atoms with Gasteiger partial charge in [0.15, 0.2) is 0 Å². The molecule has 0 bridgehead atoms. The van der Waals surface area contributed by atoms with E-state index < -0.39 is 0 Å². The minimum absolute atomic E-state index is 0.374. The van der Waals surface area contributed by atoms with E-state index in [9.17, 15) is 0 Å². The Morgan fingerprint density at radius 2 is 1.79 bits per heavy atom. The lowest BCUT2D eigenvalue weighted by atomic mass is 9.96. The van der Waals surface area contributed by atoms with E-state index in [0.29, 0.717) is 5.54 Å². The van der Waals surface area contributed by atoms with E-state index in [1.165, 1.54) is 32.5 Å². The first-order valence-electron chi connectivity index (χ1n) is 5.99. The number of hydrogen-bond acceptors (Lipinski definition) is 2. The van der Waals surface area contributed by atoms with Crippen molar-refractivity contribution in [3.63, 3.8) is 0 Å². The van der Waals surface area contributed by atoms with Crippen LogP contribution in [0.4, 0.5) is 0 Å². The van der Waals surface area contributed by atoms with Crippen molar-refractivity contribution in [3.05, 3.63) is 0 Å². The van der Waals surface area contributed by atoms with Crippen molar-refractivity contribution >= 4 is 0 Å². The van der Waals surface area contributed by atoms with Crippen molar-refractivity contribution in [2.45, 2.75) is 58.2 Å². The highest BCUT2D eigenvalue weighted by molar-refractivity contribution is 4.96. The van der Waals surface area contributed by atoms with Crippen LogP contribution < -0.4 is 0 Å². The zero-order chi connectivity index (χ0) is 10.3. The summed E-state index contributed by atoms with van der Waals surface area (Å²) in [4.78, 5) is 5.30. The average Bonchev–Trinajstić information content (AvgIpc) is 2.30. The van der Waals surface area contributed by atoms with Gasteiger partial charge in [-0.25, -0.2) is 0 Å². The summed E-state index contributed by atoms with van der Waals surface area (Å²) in [5.74, 6) is 0. The maximum atomic E-state index is 2.71. The number of rotatable bonds is 1. The smallest absolute Gasteiger partial charge is 0.0353 e. The molecule has 0 aliphatic carbocycles. The molecule has 2 aliphatic rings. The maximum absolute atomic E-state index is 2.71. The molecule has 0 aromatic heterocycles. The fourth-order valence-corrected chi connectivity index (χ4v) is 2.71. The Morgan fingerprint density at radius 1 is 1.14 bits per heavy atom. The van der Waals surface area contributed by atoms with Crippen LogP contribution >= 0.6 is 0 Å². The van der Waals surface area contributed by atoms with Crippen LogP contribution in [-0.4, -0.2) is 47.1 Å². The molecule has 0 radical (unpaired) electrons. The van der Waals surface area contributed by atoms with Gasteiger partial charge in [-0.15, -0.1) is 0 Å². The van der Waals surface area contributed by atoms with E-state index in [0.717, 1.165) is 12.1 Å². The standard InChI is InChI=1S/C12H24N2/c1-10-6-5-7-14(10)11-8-13(9-11)12(2,3)4/h10-11H,5-9H2,1-4H3. The molecule has 14 heavy (non-hydrogen) atoms. The normalized spacial score (nSPS) is 32.1. The summed E-state index contributed by atoms with van der Waals surface area (Å²) in [5.41, 5.74) is 0.374. The molecule has 0 amide bonds. The second kappa shape index (κ2) is 3.49. The van der Waals surface area contributed by atoms with Crippen molar-refractivity contribution in [1.29, 1.82) is 0 Å². The highest BCUT2D eigenvalue weighted by Crippen LogP contribution is 2.28. The maximum Gasteiger partial charge on any atom is 0.0353 e. The van der Waals surface area contributed by atoms with E-state index >= 15 is 0 Å². The third-order valence-electron chi connectivity index (χ3n) is 3.88. The van der Waals surface area contributed by atoms with Gasteiger partial charge in [-0.3, -0.25) is 9.80 Å². The van der Waals surface area contributed by atoms with Gasteiger partial charge in [-0.1, -0.05) is 0 Å². The van der Waals surface area contributed by atoms with E-state index in [2.05, 4.69) is 37.5 Å². The highest BCUT2D eigenvalue weighted by atomic mass is 15.4. The lowest BCUT2D eigenvalue weighted by Gasteiger charge is -2.51.